The van der Waals surface area contributed by atoms with Crippen molar-refractivity contribution in [1.29, 1.82) is 0 Å². The molecule has 3 N–H and O–H groups in total. The fourth-order valence-corrected chi connectivity index (χ4v) is 1.75. The number of hydrogen-bond donors (Lipinski definition) is 2. The van der Waals surface area contributed by atoms with Crippen molar-refractivity contribution >= 4 is 23.0 Å². The Balaban J connectivity index is 2.07. The predicted octanol–water partition coefficient (Wildman–Crippen LogP) is 3.67. The van der Waals surface area contributed by atoms with E-state index in [0.717, 1.165) is 5.56 Å². The number of nitrogens with one attached hydrogen (secondary N) is 1. The summed E-state index contributed by atoms with van der Waals surface area (Å²) in [5.74, 6) is -0.337. The van der Waals surface area contributed by atoms with Crippen molar-refractivity contribution in [3.8, 4) is 0 Å². The molecule has 0 radical (unpaired) electrons. The van der Waals surface area contributed by atoms with Crippen LogP contribution in [0.15, 0.2) is 42.5 Å². The molecule has 0 heterocycles. The maximum absolute atomic E-state index is 12.8. The van der Waals surface area contributed by atoms with Gasteiger partial charge in [0.15, 0.2) is 0 Å². The average molecular weight is 251 g/mol. The molecule has 0 fully saturated rings. The summed E-state index contributed by atoms with van der Waals surface area (Å²) < 4.78 is 12.8. The van der Waals surface area contributed by atoms with Gasteiger partial charge in [-0.25, -0.2) is 4.39 Å². The molecule has 0 aliphatic rings. The lowest BCUT2D eigenvalue weighted by atomic mass is 10.2. The second-order valence-electron chi connectivity index (χ2n) is 3.72. The Morgan fingerprint density at radius 1 is 1.18 bits per heavy atom. The van der Waals surface area contributed by atoms with Gasteiger partial charge in [-0.15, -0.1) is 0 Å². The number of nitrogens with two attached hydrogens (primary N) is 1. The molecule has 2 rings (SSSR count). The maximum atomic E-state index is 12.8. The number of nitrogen functional groups attached to an aromatic ring is 1. The third-order valence-corrected chi connectivity index (χ3v) is 2.62. The summed E-state index contributed by atoms with van der Waals surface area (Å²) in [5.41, 5.74) is 7.84. The van der Waals surface area contributed by atoms with Gasteiger partial charge in [0.25, 0.3) is 0 Å². The van der Waals surface area contributed by atoms with Crippen molar-refractivity contribution in [1.82, 2.24) is 0 Å². The lowest BCUT2D eigenvalue weighted by Crippen LogP contribution is -2.02. The van der Waals surface area contributed by atoms with Crippen LogP contribution < -0.4 is 11.1 Å². The van der Waals surface area contributed by atoms with Crippen molar-refractivity contribution in [2.24, 2.45) is 0 Å². The molecular weight excluding hydrogens is 239 g/mol. The van der Waals surface area contributed by atoms with Crippen molar-refractivity contribution in [2.45, 2.75) is 6.54 Å². The SMILES string of the molecule is Nc1cc(F)ccc1NCc1cccc(Cl)c1. The van der Waals surface area contributed by atoms with Gasteiger partial charge in [-0.1, -0.05) is 23.7 Å². The van der Waals surface area contributed by atoms with Crippen LogP contribution in [-0.2, 0) is 6.54 Å². The van der Waals surface area contributed by atoms with Gasteiger partial charge in [-0.05, 0) is 35.9 Å². The molecule has 0 aliphatic carbocycles. The smallest absolute Gasteiger partial charge is 0.125 e. The quantitative estimate of drug-likeness (QED) is 0.816. The molecule has 0 atom stereocenters. The van der Waals surface area contributed by atoms with Crippen LogP contribution in [0.25, 0.3) is 0 Å². The van der Waals surface area contributed by atoms with Crippen LogP contribution in [0.3, 0.4) is 0 Å². The molecule has 88 valence electrons. The van der Waals surface area contributed by atoms with E-state index in [-0.39, 0.29) is 5.82 Å². The Bertz CT molecular complexity index is 529. The molecule has 0 spiro atoms. The highest BCUT2D eigenvalue weighted by molar-refractivity contribution is 6.30. The molecule has 2 nitrogen and oxygen atoms in total. The van der Waals surface area contributed by atoms with E-state index in [1.54, 1.807) is 6.07 Å². The monoisotopic (exact) mass is 250 g/mol. The summed E-state index contributed by atoms with van der Waals surface area (Å²) in [6, 6.07) is 11.8. The first-order chi connectivity index (χ1) is 8.15. The van der Waals surface area contributed by atoms with Gasteiger partial charge in [0, 0.05) is 11.6 Å². The molecule has 4 heteroatoms. The molecule has 0 amide bonds. The van der Waals surface area contributed by atoms with Gasteiger partial charge in [0.2, 0.25) is 0 Å². The van der Waals surface area contributed by atoms with Crippen LogP contribution >= 0.6 is 11.6 Å². The summed E-state index contributed by atoms with van der Waals surface area (Å²) >= 11 is 5.88. The maximum Gasteiger partial charge on any atom is 0.125 e. The van der Waals surface area contributed by atoms with Gasteiger partial charge in [0.1, 0.15) is 5.82 Å². The average Bonchev–Trinajstić information content (AvgIpc) is 2.28. The predicted molar refractivity (Wildman–Crippen MR) is 69.6 cm³/mol. The Hall–Kier alpha value is -1.74. The van der Waals surface area contributed by atoms with E-state index in [0.29, 0.717) is 22.9 Å². The summed E-state index contributed by atoms with van der Waals surface area (Å²) in [6.07, 6.45) is 0. The summed E-state index contributed by atoms with van der Waals surface area (Å²) in [4.78, 5) is 0. The molecule has 0 saturated heterocycles. The molecule has 17 heavy (non-hydrogen) atoms. The molecule has 0 aromatic heterocycles. The zero-order valence-corrected chi connectivity index (χ0v) is 9.84. The highest BCUT2D eigenvalue weighted by Gasteiger charge is 2.00. The zero-order chi connectivity index (χ0) is 12.3. The second-order valence-corrected chi connectivity index (χ2v) is 4.15. The van der Waals surface area contributed by atoms with Crippen molar-refractivity contribution < 1.29 is 4.39 Å². The molecule has 0 bridgehead atoms. The van der Waals surface area contributed by atoms with Crippen molar-refractivity contribution in [3.05, 3.63) is 58.9 Å². The summed E-state index contributed by atoms with van der Waals surface area (Å²) in [6.45, 7) is 0.594. The van der Waals surface area contributed by atoms with Gasteiger partial charge in [-0.2, -0.15) is 0 Å². The lowest BCUT2D eigenvalue weighted by Gasteiger charge is -2.09. The molecule has 2 aromatic carbocycles. The van der Waals surface area contributed by atoms with Crippen LogP contribution in [-0.4, -0.2) is 0 Å². The minimum Gasteiger partial charge on any atom is -0.397 e. The highest BCUT2D eigenvalue weighted by atomic mass is 35.5. The number of halogens is 2. The molecule has 0 unspecified atom stereocenters. The van der Waals surface area contributed by atoms with E-state index in [2.05, 4.69) is 5.32 Å². The first-order valence-electron chi connectivity index (χ1n) is 5.18. The van der Waals surface area contributed by atoms with E-state index >= 15 is 0 Å². The normalized spacial score (nSPS) is 10.2. The van der Waals surface area contributed by atoms with Gasteiger partial charge in [-0.3, -0.25) is 0 Å². The topological polar surface area (TPSA) is 38.0 Å². The first kappa shape index (κ1) is 11.7. The van der Waals surface area contributed by atoms with Crippen LogP contribution in [0.2, 0.25) is 5.02 Å². The third kappa shape index (κ3) is 3.11. The fraction of sp³-hybridized carbons (Fsp3) is 0.0769. The number of anilines is 2. The standard InChI is InChI=1S/C13H12ClFN2/c14-10-3-1-2-9(6-10)8-17-13-5-4-11(15)7-12(13)16/h1-7,17H,8,16H2. The summed E-state index contributed by atoms with van der Waals surface area (Å²) in [7, 11) is 0. The third-order valence-electron chi connectivity index (χ3n) is 2.39. The van der Waals surface area contributed by atoms with Crippen molar-refractivity contribution in [2.75, 3.05) is 11.1 Å². The molecule has 2 aromatic rings. The Labute approximate surface area is 104 Å². The van der Waals surface area contributed by atoms with Crippen LogP contribution in [0.1, 0.15) is 5.56 Å². The van der Waals surface area contributed by atoms with E-state index in [9.17, 15) is 4.39 Å². The van der Waals surface area contributed by atoms with E-state index in [1.807, 2.05) is 24.3 Å². The highest BCUT2D eigenvalue weighted by Crippen LogP contribution is 2.20. The number of benzene rings is 2. The van der Waals surface area contributed by atoms with Gasteiger partial charge in [0.05, 0.1) is 11.4 Å². The lowest BCUT2D eigenvalue weighted by molar-refractivity contribution is 0.628. The minimum absolute atomic E-state index is 0.337. The largest absolute Gasteiger partial charge is 0.397 e. The summed E-state index contributed by atoms with van der Waals surface area (Å²) in [5, 5.41) is 3.82. The minimum atomic E-state index is -0.337. The molecular formula is C13H12ClFN2. The van der Waals surface area contributed by atoms with Crippen molar-refractivity contribution in [3.63, 3.8) is 0 Å². The van der Waals surface area contributed by atoms with E-state index < -0.39 is 0 Å². The molecule has 0 saturated carbocycles. The Morgan fingerprint density at radius 2 is 2.00 bits per heavy atom. The number of hydrogen-bond acceptors (Lipinski definition) is 2. The van der Waals surface area contributed by atoms with Gasteiger partial charge < -0.3 is 11.1 Å². The van der Waals surface area contributed by atoms with E-state index in [4.69, 9.17) is 17.3 Å². The Kier molecular flexibility index (Phi) is 3.49. The zero-order valence-electron chi connectivity index (χ0n) is 9.08. The fourth-order valence-electron chi connectivity index (χ4n) is 1.54. The van der Waals surface area contributed by atoms with Crippen LogP contribution in [0, 0.1) is 5.82 Å². The Morgan fingerprint density at radius 3 is 2.71 bits per heavy atom. The second kappa shape index (κ2) is 5.06. The van der Waals surface area contributed by atoms with E-state index in [1.165, 1.54) is 12.1 Å². The van der Waals surface area contributed by atoms with Gasteiger partial charge >= 0.3 is 0 Å². The van der Waals surface area contributed by atoms with Crippen LogP contribution in [0.5, 0.6) is 0 Å². The first-order valence-corrected chi connectivity index (χ1v) is 5.56. The molecule has 0 aliphatic heterocycles. The number of rotatable bonds is 3. The van der Waals surface area contributed by atoms with Crippen LogP contribution in [0.4, 0.5) is 15.8 Å².